The van der Waals surface area contributed by atoms with Gasteiger partial charge in [0.15, 0.2) is 9.84 Å². The van der Waals surface area contributed by atoms with Gasteiger partial charge in [0.2, 0.25) is 0 Å². The zero-order chi connectivity index (χ0) is 13.3. The fourth-order valence-electron chi connectivity index (χ4n) is 2.92. The maximum atomic E-state index is 11.8. The number of hydrogen-bond acceptors (Lipinski definition) is 4. The van der Waals surface area contributed by atoms with Gasteiger partial charge in [-0.25, -0.2) is 8.42 Å². The molecule has 2 heterocycles. The Labute approximate surface area is 114 Å². The molecule has 0 saturated carbocycles. The van der Waals surface area contributed by atoms with Gasteiger partial charge in [0.1, 0.15) is 5.75 Å². The van der Waals surface area contributed by atoms with E-state index in [-0.39, 0.29) is 11.3 Å². The van der Waals surface area contributed by atoms with E-state index in [9.17, 15) is 8.42 Å². The minimum absolute atomic E-state index is 0.206. The predicted octanol–water partition coefficient (Wildman–Crippen LogP) is 1.68. The van der Waals surface area contributed by atoms with Gasteiger partial charge in [-0.3, -0.25) is 0 Å². The highest BCUT2D eigenvalue weighted by Gasteiger charge is 2.32. The molecule has 0 bridgehead atoms. The monoisotopic (exact) mass is 281 g/mol. The van der Waals surface area contributed by atoms with E-state index >= 15 is 0 Å². The van der Waals surface area contributed by atoms with Crippen molar-refractivity contribution in [2.24, 2.45) is 0 Å². The molecule has 104 valence electrons. The minimum atomic E-state index is -2.86. The van der Waals surface area contributed by atoms with Crippen LogP contribution in [0.2, 0.25) is 0 Å². The number of fused-ring (bicyclic) bond motifs is 1. The zero-order valence-electron chi connectivity index (χ0n) is 10.8. The summed E-state index contributed by atoms with van der Waals surface area (Å²) in [5.41, 5.74) is 1.14. The molecule has 1 aromatic rings. The molecule has 5 heteroatoms. The summed E-state index contributed by atoms with van der Waals surface area (Å²) in [6.45, 7) is 1.24. The molecule has 2 atom stereocenters. The summed E-state index contributed by atoms with van der Waals surface area (Å²) in [4.78, 5) is 0. The van der Waals surface area contributed by atoms with Crippen LogP contribution in [0.4, 0.5) is 0 Å². The molecule has 2 aliphatic rings. The van der Waals surface area contributed by atoms with Gasteiger partial charge in [0.05, 0.1) is 17.6 Å². The van der Waals surface area contributed by atoms with Crippen LogP contribution in [0, 0.1) is 0 Å². The molecule has 0 aliphatic carbocycles. The molecular weight excluding hydrogens is 262 g/mol. The number of ether oxygens (including phenoxy) is 1. The summed E-state index contributed by atoms with van der Waals surface area (Å²) >= 11 is 0. The van der Waals surface area contributed by atoms with Crippen molar-refractivity contribution >= 4 is 9.84 Å². The number of para-hydroxylation sites is 1. The van der Waals surface area contributed by atoms with Crippen LogP contribution in [0.3, 0.4) is 0 Å². The standard InChI is InChI=1S/C14H19NO3S/c16-19(17)9-3-4-11(19)10-15-13-7-8-18-14-6-2-1-5-12(13)14/h1-2,5-6,11,13,15H,3-4,7-10H2. The average Bonchev–Trinajstić information content (AvgIpc) is 2.75. The van der Waals surface area contributed by atoms with Crippen molar-refractivity contribution in [1.29, 1.82) is 0 Å². The molecule has 3 rings (SSSR count). The number of hydrogen-bond donors (Lipinski definition) is 1. The molecule has 1 fully saturated rings. The topological polar surface area (TPSA) is 55.4 Å². The van der Waals surface area contributed by atoms with Crippen LogP contribution >= 0.6 is 0 Å². The highest BCUT2D eigenvalue weighted by molar-refractivity contribution is 7.92. The van der Waals surface area contributed by atoms with Crippen LogP contribution in [0.1, 0.15) is 30.9 Å². The Morgan fingerprint density at radius 2 is 2.11 bits per heavy atom. The van der Waals surface area contributed by atoms with E-state index in [1.54, 1.807) is 0 Å². The molecule has 19 heavy (non-hydrogen) atoms. The zero-order valence-corrected chi connectivity index (χ0v) is 11.7. The summed E-state index contributed by atoms with van der Waals surface area (Å²) < 4.78 is 29.2. The smallest absolute Gasteiger partial charge is 0.154 e. The summed E-state index contributed by atoms with van der Waals surface area (Å²) in [5.74, 6) is 1.27. The normalized spacial score (nSPS) is 28.6. The van der Waals surface area contributed by atoms with Gasteiger partial charge in [-0.2, -0.15) is 0 Å². The van der Waals surface area contributed by atoms with Gasteiger partial charge in [-0.05, 0) is 18.9 Å². The van der Waals surface area contributed by atoms with E-state index in [0.29, 0.717) is 18.9 Å². The van der Waals surface area contributed by atoms with E-state index in [1.165, 1.54) is 0 Å². The molecule has 2 aliphatic heterocycles. The van der Waals surface area contributed by atoms with Gasteiger partial charge < -0.3 is 10.1 Å². The lowest BCUT2D eigenvalue weighted by atomic mass is 10.0. The Hall–Kier alpha value is -1.07. The number of sulfone groups is 1. The van der Waals surface area contributed by atoms with Crippen LogP contribution < -0.4 is 10.1 Å². The summed E-state index contributed by atoms with van der Waals surface area (Å²) in [6.07, 6.45) is 2.49. The van der Waals surface area contributed by atoms with E-state index in [0.717, 1.165) is 30.6 Å². The molecule has 1 N–H and O–H groups in total. The molecule has 0 spiro atoms. The lowest BCUT2D eigenvalue weighted by Gasteiger charge is -2.27. The quantitative estimate of drug-likeness (QED) is 0.916. The number of nitrogens with one attached hydrogen (secondary N) is 1. The van der Waals surface area contributed by atoms with Crippen molar-refractivity contribution < 1.29 is 13.2 Å². The first-order valence-electron chi connectivity index (χ1n) is 6.83. The largest absolute Gasteiger partial charge is 0.493 e. The molecule has 0 amide bonds. The Balaban J connectivity index is 1.69. The highest BCUT2D eigenvalue weighted by atomic mass is 32.2. The SMILES string of the molecule is O=S1(=O)CCCC1CNC1CCOc2ccccc21. The van der Waals surface area contributed by atoms with E-state index in [4.69, 9.17) is 4.74 Å². The van der Waals surface area contributed by atoms with E-state index in [1.807, 2.05) is 18.2 Å². The van der Waals surface area contributed by atoms with Crippen LogP contribution in [-0.4, -0.2) is 32.6 Å². The van der Waals surface area contributed by atoms with Crippen LogP contribution in [0.15, 0.2) is 24.3 Å². The molecule has 0 radical (unpaired) electrons. The first-order valence-corrected chi connectivity index (χ1v) is 8.55. The van der Waals surface area contributed by atoms with Crippen LogP contribution in [0.25, 0.3) is 0 Å². The Kier molecular flexibility index (Phi) is 3.50. The van der Waals surface area contributed by atoms with Crippen LogP contribution in [-0.2, 0) is 9.84 Å². The van der Waals surface area contributed by atoms with Crippen molar-refractivity contribution in [1.82, 2.24) is 5.32 Å². The van der Waals surface area contributed by atoms with Crippen molar-refractivity contribution in [3.05, 3.63) is 29.8 Å². The maximum absolute atomic E-state index is 11.8. The third-order valence-corrected chi connectivity index (χ3v) is 6.29. The van der Waals surface area contributed by atoms with E-state index in [2.05, 4.69) is 11.4 Å². The van der Waals surface area contributed by atoms with Gasteiger partial charge in [-0.15, -0.1) is 0 Å². The molecule has 0 aromatic heterocycles. The number of rotatable bonds is 3. The second kappa shape index (κ2) is 5.13. The van der Waals surface area contributed by atoms with Crippen molar-refractivity contribution in [2.45, 2.75) is 30.6 Å². The molecular formula is C14H19NO3S. The highest BCUT2D eigenvalue weighted by Crippen LogP contribution is 2.32. The third-order valence-electron chi connectivity index (χ3n) is 4.01. The van der Waals surface area contributed by atoms with Gasteiger partial charge in [0.25, 0.3) is 0 Å². The maximum Gasteiger partial charge on any atom is 0.154 e. The number of benzene rings is 1. The van der Waals surface area contributed by atoms with Crippen molar-refractivity contribution in [2.75, 3.05) is 18.9 Å². The molecule has 4 nitrogen and oxygen atoms in total. The second-order valence-corrected chi connectivity index (χ2v) is 7.67. The molecule has 1 aromatic carbocycles. The minimum Gasteiger partial charge on any atom is -0.493 e. The van der Waals surface area contributed by atoms with Crippen molar-refractivity contribution in [3.8, 4) is 5.75 Å². The first kappa shape index (κ1) is 12.9. The second-order valence-electron chi connectivity index (χ2n) is 5.27. The summed E-state index contributed by atoms with van der Waals surface area (Å²) in [5, 5.41) is 3.21. The molecule has 2 unspecified atom stereocenters. The first-order chi connectivity index (χ1) is 9.17. The Bertz CT molecular complexity index is 556. The fraction of sp³-hybridized carbons (Fsp3) is 0.571. The Morgan fingerprint density at radius 1 is 1.26 bits per heavy atom. The average molecular weight is 281 g/mol. The molecule has 1 saturated heterocycles. The van der Waals surface area contributed by atoms with E-state index < -0.39 is 9.84 Å². The summed E-state index contributed by atoms with van der Waals surface area (Å²) in [6, 6.07) is 8.18. The predicted molar refractivity (Wildman–Crippen MR) is 74.1 cm³/mol. The van der Waals surface area contributed by atoms with Gasteiger partial charge in [0, 0.05) is 24.6 Å². The van der Waals surface area contributed by atoms with Crippen LogP contribution in [0.5, 0.6) is 5.75 Å². The lowest BCUT2D eigenvalue weighted by molar-refractivity contribution is 0.253. The fourth-order valence-corrected chi connectivity index (χ4v) is 4.69. The third kappa shape index (κ3) is 2.62. The van der Waals surface area contributed by atoms with Gasteiger partial charge in [-0.1, -0.05) is 18.2 Å². The summed E-state index contributed by atoms with van der Waals surface area (Å²) in [7, 11) is -2.86. The lowest BCUT2D eigenvalue weighted by Crippen LogP contribution is -2.35. The van der Waals surface area contributed by atoms with Crippen molar-refractivity contribution in [3.63, 3.8) is 0 Å². The Morgan fingerprint density at radius 3 is 2.89 bits per heavy atom. The van der Waals surface area contributed by atoms with Gasteiger partial charge >= 0.3 is 0 Å².